The van der Waals surface area contributed by atoms with Gasteiger partial charge in [0.15, 0.2) is 0 Å². The van der Waals surface area contributed by atoms with E-state index in [4.69, 9.17) is 14.2 Å². The number of carbonyl (C=O) groups excluding carboxylic acids is 2. The first-order valence-corrected chi connectivity index (χ1v) is 7.72. The average molecular weight is 331 g/mol. The van der Waals surface area contributed by atoms with Gasteiger partial charge in [0.2, 0.25) is 0 Å². The minimum atomic E-state index is -0.255. The maximum absolute atomic E-state index is 11.3. The Hall–Kier alpha value is -1.52. The van der Waals surface area contributed by atoms with E-state index < -0.39 is 0 Å². The normalized spacial score (nSPS) is 9.84. The number of rotatable bonds is 7. The number of ether oxygens (including phenoxy) is 3. The van der Waals surface area contributed by atoms with E-state index in [1.807, 2.05) is 0 Å². The summed E-state index contributed by atoms with van der Waals surface area (Å²) < 4.78 is 16.0. The van der Waals surface area contributed by atoms with Gasteiger partial charge in [0.25, 0.3) is 0 Å². The molecule has 1 rings (SSSR count). The Labute approximate surface area is 118 Å². The summed E-state index contributed by atoms with van der Waals surface area (Å²) in [6.45, 7) is 2.12. The maximum atomic E-state index is 11.3. The Morgan fingerprint density at radius 1 is 1.26 bits per heavy atom. The van der Waals surface area contributed by atoms with Gasteiger partial charge in [-0.3, -0.25) is 0 Å². The van der Waals surface area contributed by atoms with Gasteiger partial charge in [-0.25, -0.2) is 0 Å². The van der Waals surface area contributed by atoms with Crippen molar-refractivity contribution in [3.63, 3.8) is 0 Å². The predicted octanol–water partition coefficient (Wildman–Crippen LogP) is 0.827. The fourth-order valence-corrected chi connectivity index (χ4v) is 3.15. The molecule has 0 heterocycles. The summed E-state index contributed by atoms with van der Waals surface area (Å²) in [4.78, 5) is 22.4. The first-order chi connectivity index (χ1) is 9.15. The molecule has 0 fully saturated rings. The Bertz CT molecular complexity index is 459. The van der Waals surface area contributed by atoms with Crippen molar-refractivity contribution in [2.45, 2.75) is 12.2 Å². The summed E-state index contributed by atoms with van der Waals surface area (Å²) >= 11 is -0.179. The third-order valence-electron chi connectivity index (χ3n) is 2.29. The van der Waals surface area contributed by atoms with Gasteiger partial charge in [0.1, 0.15) is 0 Å². The zero-order valence-electron chi connectivity index (χ0n) is 11.1. The van der Waals surface area contributed by atoms with Gasteiger partial charge in [-0.2, -0.15) is 0 Å². The molecule has 19 heavy (non-hydrogen) atoms. The van der Waals surface area contributed by atoms with Crippen molar-refractivity contribution in [1.82, 2.24) is 0 Å². The molecular weight excluding hydrogens is 315 g/mol. The van der Waals surface area contributed by atoms with Crippen LogP contribution in [0, 0.1) is 0 Å². The number of carbonyl (C=O) groups is 2. The molecule has 104 valence electrons. The fraction of sp³-hybridized carbons (Fsp3) is 0.385. The first kappa shape index (κ1) is 15.5. The second-order valence-electron chi connectivity index (χ2n) is 3.46. The van der Waals surface area contributed by atoms with Gasteiger partial charge in [-0.15, -0.1) is 0 Å². The van der Waals surface area contributed by atoms with Crippen LogP contribution in [0.5, 0.6) is 11.5 Å². The molecule has 0 aromatic heterocycles. The molecular formula is C13H16O5Se. The van der Waals surface area contributed by atoms with Gasteiger partial charge in [0, 0.05) is 0 Å². The fourth-order valence-electron chi connectivity index (χ4n) is 1.43. The Balaban J connectivity index is 2.92. The van der Waals surface area contributed by atoms with Crippen molar-refractivity contribution >= 4 is 31.7 Å². The van der Waals surface area contributed by atoms with Crippen molar-refractivity contribution in [3.05, 3.63) is 17.7 Å². The number of hydrogen-bond donors (Lipinski definition) is 0. The van der Waals surface area contributed by atoms with E-state index in [0.29, 0.717) is 23.7 Å². The second kappa shape index (κ2) is 7.81. The Morgan fingerprint density at radius 2 is 1.89 bits per heavy atom. The van der Waals surface area contributed by atoms with Gasteiger partial charge < -0.3 is 0 Å². The molecule has 5 nitrogen and oxygen atoms in total. The number of aldehydes is 1. The van der Waals surface area contributed by atoms with Crippen LogP contribution in [0.25, 0.3) is 0 Å². The molecule has 0 radical (unpaired) electrons. The molecule has 1 aromatic rings. The topological polar surface area (TPSA) is 61.8 Å². The standard InChI is InChI=1S/C13H16O5Se/c1-4-18-13(15)8-19-12-6-11(17-3)10(16-2)5-9(12)7-14/h5-7H,4,8H2,1-3H3. The van der Waals surface area contributed by atoms with Crippen LogP contribution in [-0.4, -0.2) is 48.0 Å². The molecule has 0 saturated heterocycles. The molecule has 0 saturated carbocycles. The number of esters is 1. The van der Waals surface area contributed by atoms with Crippen LogP contribution in [0.3, 0.4) is 0 Å². The molecule has 0 aliphatic heterocycles. The minimum absolute atomic E-state index is 0.179. The van der Waals surface area contributed by atoms with Crippen molar-refractivity contribution in [1.29, 1.82) is 0 Å². The molecule has 0 N–H and O–H groups in total. The van der Waals surface area contributed by atoms with Crippen molar-refractivity contribution in [2.75, 3.05) is 20.8 Å². The molecule has 0 spiro atoms. The van der Waals surface area contributed by atoms with Gasteiger partial charge in [0.05, 0.1) is 0 Å². The van der Waals surface area contributed by atoms with Gasteiger partial charge in [-0.1, -0.05) is 0 Å². The summed E-state index contributed by atoms with van der Waals surface area (Å²) in [6.07, 6.45) is 0.754. The molecule has 0 unspecified atom stereocenters. The van der Waals surface area contributed by atoms with E-state index >= 15 is 0 Å². The third kappa shape index (κ3) is 4.26. The average Bonchev–Trinajstić information content (AvgIpc) is 2.44. The Morgan fingerprint density at radius 3 is 2.42 bits per heavy atom. The molecule has 0 aliphatic rings. The predicted molar refractivity (Wildman–Crippen MR) is 71.8 cm³/mol. The second-order valence-corrected chi connectivity index (χ2v) is 5.59. The molecule has 0 amide bonds. The quantitative estimate of drug-likeness (QED) is 0.421. The molecule has 6 heteroatoms. The molecule has 0 bridgehead atoms. The van der Waals surface area contributed by atoms with Crippen LogP contribution >= 0.6 is 0 Å². The van der Waals surface area contributed by atoms with E-state index in [9.17, 15) is 9.59 Å². The Kier molecular flexibility index (Phi) is 6.39. The monoisotopic (exact) mass is 332 g/mol. The first-order valence-electron chi connectivity index (χ1n) is 5.65. The van der Waals surface area contributed by atoms with Crippen LogP contribution in [0.15, 0.2) is 12.1 Å². The summed E-state index contributed by atoms with van der Waals surface area (Å²) in [5, 5.41) is 0.289. The summed E-state index contributed by atoms with van der Waals surface area (Å²) in [5.41, 5.74) is 0.516. The number of hydrogen-bond acceptors (Lipinski definition) is 5. The van der Waals surface area contributed by atoms with E-state index in [0.717, 1.165) is 10.7 Å². The van der Waals surface area contributed by atoms with Crippen LogP contribution in [0.4, 0.5) is 0 Å². The zero-order chi connectivity index (χ0) is 14.3. The molecule has 0 aliphatic carbocycles. The van der Waals surface area contributed by atoms with Crippen LogP contribution in [0.2, 0.25) is 5.32 Å². The SMILES string of the molecule is CCOC(=O)C[Se]c1cc(OC)c(OC)cc1C=O. The van der Waals surface area contributed by atoms with Crippen molar-refractivity contribution in [3.8, 4) is 11.5 Å². The van der Waals surface area contributed by atoms with Crippen LogP contribution in [0.1, 0.15) is 17.3 Å². The summed E-state index contributed by atoms with van der Waals surface area (Å²) in [6, 6.07) is 3.36. The summed E-state index contributed by atoms with van der Waals surface area (Å²) in [5.74, 6) is 0.795. The van der Waals surface area contributed by atoms with Crippen LogP contribution < -0.4 is 13.9 Å². The van der Waals surface area contributed by atoms with Gasteiger partial charge in [-0.05, 0) is 0 Å². The van der Waals surface area contributed by atoms with Gasteiger partial charge >= 0.3 is 118 Å². The van der Waals surface area contributed by atoms with Crippen molar-refractivity contribution < 1.29 is 23.8 Å². The summed E-state index contributed by atoms with van der Waals surface area (Å²) in [7, 11) is 3.04. The number of benzene rings is 1. The van der Waals surface area contributed by atoms with E-state index in [-0.39, 0.29) is 26.2 Å². The molecule has 1 aromatic carbocycles. The number of methoxy groups -OCH3 is 2. The third-order valence-corrected chi connectivity index (χ3v) is 4.49. The van der Waals surface area contributed by atoms with E-state index in [1.54, 1.807) is 19.1 Å². The zero-order valence-corrected chi connectivity index (χ0v) is 12.8. The van der Waals surface area contributed by atoms with Crippen LogP contribution in [-0.2, 0) is 9.53 Å². The van der Waals surface area contributed by atoms with E-state index in [1.165, 1.54) is 14.2 Å². The molecule has 0 atom stereocenters. The van der Waals surface area contributed by atoms with E-state index in [2.05, 4.69) is 0 Å². The van der Waals surface area contributed by atoms with Crippen molar-refractivity contribution in [2.24, 2.45) is 0 Å².